The predicted octanol–water partition coefficient (Wildman–Crippen LogP) is 3.10. The molecule has 0 spiro atoms. The molecule has 28 heavy (non-hydrogen) atoms. The molecule has 0 N–H and O–H groups in total. The molecule has 0 saturated carbocycles. The molecule has 0 fully saturated rings. The number of ketones is 2. The minimum absolute atomic E-state index is 0.0263. The highest BCUT2D eigenvalue weighted by molar-refractivity contribution is 6.00. The molecule has 0 aliphatic carbocycles. The van der Waals surface area contributed by atoms with E-state index in [-0.39, 0.29) is 18.0 Å². The molecule has 0 heterocycles. The second-order valence-electron chi connectivity index (χ2n) is 5.74. The van der Waals surface area contributed by atoms with Crippen LogP contribution in [0.4, 0.5) is 0 Å². The van der Waals surface area contributed by atoms with Crippen molar-refractivity contribution in [3.63, 3.8) is 0 Å². The van der Waals surface area contributed by atoms with Crippen LogP contribution in [0.1, 0.15) is 34.1 Å². The van der Waals surface area contributed by atoms with E-state index in [0.717, 1.165) is 0 Å². The molecule has 2 aromatic carbocycles. The Morgan fingerprint density at radius 3 is 2.11 bits per heavy atom. The molecule has 0 radical (unpaired) electrons. The quantitative estimate of drug-likeness (QED) is 0.458. The highest BCUT2D eigenvalue weighted by Gasteiger charge is 2.16. The van der Waals surface area contributed by atoms with Gasteiger partial charge in [0.1, 0.15) is 17.2 Å². The SMILES string of the molecule is CCC(=O)c1ccc(OCC(=O)OCC(=O)c2ccc(OC)cc2OC)cc1. The number of rotatable bonds is 10. The molecule has 2 aromatic rings. The third-order valence-electron chi connectivity index (χ3n) is 3.93. The van der Waals surface area contributed by atoms with Crippen LogP contribution in [0, 0.1) is 0 Å². The summed E-state index contributed by atoms with van der Waals surface area (Å²) >= 11 is 0. The maximum absolute atomic E-state index is 12.3. The van der Waals surface area contributed by atoms with Gasteiger partial charge in [0.2, 0.25) is 5.78 Å². The Morgan fingerprint density at radius 2 is 1.50 bits per heavy atom. The molecule has 7 nitrogen and oxygen atoms in total. The summed E-state index contributed by atoms with van der Waals surface area (Å²) in [5.74, 6) is 0.236. The van der Waals surface area contributed by atoms with Gasteiger partial charge in [0.15, 0.2) is 19.0 Å². The van der Waals surface area contributed by atoms with Gasteiger partial charge in [0.25, 0.3) is 0 Å². The number of ether oxygens (including phenoxy) is 4. The molecule has 148 valence electrons. The van der Waals surface area contributed by atoms with Crippen LogP contribution in [0.3, 0.4) is 0 Å². The van der Waals surface area contributed by atoms with Gasteiger partial charge in [-0.25, -0.2) is 4.79 Å². The van der Waals surface area contributed by atoms with Crippen LogP contribution in [-0.4, -0.2) is 45.0 Å². The lowest BCUT2D eigenvalue weighted by molar-refractivity contribution is -0.144. The number of hydrogen-bond acceptors (Lipinski definition) is 7. The average molecular weight is 386 g/mol. The number of Topliss-reactive ketones (excluding diaryl/α,β-unsaturated/α-hetero) is 2. The normalized spacial score (nSPS) is 10.1. The highest BCUT2D eigenvalue weighted by Crippen LogP contribution is 2.25. The molecule has 2 rings (SSSR count). The van der Waals surface area contributed by atoms with Crippen molar-refractivity contribution < 1.29 is 33.3 Å². The first kappa shape index (κ1) is 21.0. The Kier molecular flexibility index (Phi) is 7.56. The molecule has 0 atom stereocenters. The Balaban J connectivity index is 1.85. The summed E-state index contributed by atoms with van der Waals surface area (Å²) in [7, 11) is 2.94. The van der Waals surface area contributed by atoms with Gasteiger partial charge < -0.3 is 18.9 Å². The molecule has 0 aromatic heterocycles. The first-order chi connectivity index (χ1) is 13.5. The predicted molar refractivity (Wildman–Crippen MR) is 101 cm³/mol. The van der Waals surface area contributed by atoms with Gasteiger partial charge in [-0.15, -0.1) is 0 Å². The van der Waals surface area contributed by atoms with Gasteiger partial charge in [-0.3, -0.25) is 9.59 Å². The Morgan fingerprint density at radius 1 is 0.821 bits per heavy atom. The number of carbonyl (C=O) groups is 3. The number of carbonyl (C=O) groups excluding carboxylic acids is 3. The largest absolute Gasteiger partial charge is 0.497 e. The zero-order chi connectivity index (χ0) is 20.5. The maximum atomic E-state index is 12.3. The van der Waals surface area contributed by atoms with E-state index in [0.29, 0.717) is 29.2 Å². The van der Waals surface area contributed by atoms with Crippen molar-refractivity contribution in [2.75, 3.05) is 27.4 Å². The van der Waals surface area contributed by atoms with Crippen molar-refractivity contribution in [2.45, 2.75) is 13.3 Å². The van der Waals surface area contributed by atoms with E-state index in [1.165, 1.54) is 14.2 Å². The van der Waals surface area contributed by atoms with Crippen LogP contribution in [0.25, 0.3) is 0 Å². The Labute approximate surface area is 163 Å². The van der Waals surface area contributed by atoms with Crippen LogP contribution >= 0.6 is 0 Å². The van der Waals surface area contributed by atoms with E-state index in [2.05, 4.69) is 0 Å². The van der Waals surface area contributed by atoms with E-state index in [1.54, 1.807) is 49.4 Å². The first-order valence-electron chi connectivity index (χ1n) is 8.65. The fourth-order valence-corrected chi connectivity index (χ4v) is 2.38. The van der Waals surface area contributed by atoms with Crippen molar-refractivity contribution in [3.8, 4) is 17.2 Å². The smallest absolute Gasteiger partial charge is 0.344 e. The minimum Gasteiger partial charge on any atom is -0.497 e. The molecule has 0 bridgehead atoms. The van der Waals surface area contributed by atoms with Crippen LogP contribution in [0.5, 0.6) is 17.2 Å². The van der Waals surface area contributed by atoms with E-state index in [4.69, 9.17) is 18.9 Å². The lowest BCUT2D eigenvalue weighted by atomic mass is 10.1. The lowest BCUT2D eigenvalue weighted by Crippen LogP contribution is -2.20. The summed E-state index contributed by atoms with van der Waals surface area (Å²) in [6.07, 6.45) is 0.416. The first-order valence-corrected chi connectivity index (χ1v) is 8.65. The number of esters is 1. The van der Waals surface area contributed by atoms with Crippen molar-refractivity contribution in [1.29, 1.82) is 0 Å². The number of methoxy groups -OCH3 is 2. The van der Waals surface area contributed by atoms with Crippen molar-refractivity contribution in [2.24, 2.45) is 0 Å². The molecular weight excluding hydrogens is 364 g/mol. The second-order valence-corrected chi connectivity index (χ2v) is 5.74. The van der Waals surface area contributed by atoms with Gasteiger partial charge in [-0.2, -0.15) is 0 Å². The third kappa shape index (κ3) is 5.57. The van der Waals surface area contributed by atoms with Gasteiger partial charge in [0.05, 0.1) is 19.8 Å². The van der Waals surface area contributed by atoms with Crippen molar-refractivity contribution >= 4 is 17.5 Å². The molecule has 0 aliphatic rings. The molecule has 0 amide bonds. The number of benzene rings is 2. The maximum Gasteiger partial charge on any atom is 0.344 e. The molecule has 0 aliphatic heterocycles. The highest BCUT2D eigenvalue weighted by atomic mass is 16.6. The summed E-state index contributed by atoms with van der Waals surface area (Å²) in [5, 5.41) is 0. The van der Waals surface area contributed by atoms with E-state index in [9.17, 15) is 14.4 Å². The summed E-state index contributed by atoms with van der Waals surface area (Å²) in [6.45, 7) is 0.995. The van der Waals surface area contributed by atoms with Crippen molar-refractivity contribution in [1.82, 2.24) is 0 Å². The van der Waals surface area contributed by atoms with E-state index >= 15 is 0 Å². The van der Waals surface area contributed by atoms with E-state index in [1.807, 2.05) is 0 Å². The minimum atomic E-state index is -0.686. The van der Waals surface area contributed by atoms with E-state index < -0.39 is 18.4 Å². The third-order valence-corrected chi connectivity index (χ3v) is 3.93. The van der Waals surface area contributed by atoms with Crippen LogP contribution in [0.15, 0.2) is 42.5 Å². The molecular formula is C21H22O7. The summed E-state index contributed by atoms with van der Waals surface area (Å²) in [5.41, 5.74) is 0.865. The topological polar surface area (TPSA) is 88.1 Å². The standard InChI is InChI=1S/C21H22O7/c1-4-18(22)14-5-7-15(8-6-14)27-13-21(24)28-12-19(23)17-10-9-16(25-2)11-20(17)26-3/h5-11H,4,12-13H2,1-3H3. The van der Waals surface area contributed by atoms with Gasteiger partial charge in [-0.1, -0.05) is 6.92 Å². The van der Waals surface area contributed by atoms with Gasteiger partial charge in [0, 0.05) is 18.1 Å². The number of hydrogen-bond donors (Lipinski definition) is 0. The molecule has 0 saturated heterocycles. The zero-order valence-electron chi connectivity index (χ0n) is 16.0. The Hall–Kier alpha value is -3.35. The monoisotopic (exact) mass is 386 g/mol. The van der Waals surface area contributed by atoms with Crippen LogP contribution in [-0.2, 0) is 9.53 Å². The summed E-state index contributed by atoms with van der Waals surface area (Å²) < 4.78 is 20.5. The molecule has 7 heteroatoms. The fourth-order valence-electron chi connectivity index (χ4n) is 2.38. The lowest BCUT2D eigenvalue weighted by Gasteiger charge is -2.10. The van der Waals surface area contributed by atoms with Crippen LogP contribution in [0.2, 0.25) is 0 Å². The summed E-state index contributed by atoms with van der Waals surface area (Å²) in [6, 6.07) is 11.2. The summed E-state index contributed by atoms with van der Waals surface area (Å²) in [4.78, 5) is 35.7. The van der Waals surface area contributed by atoms with Gasteiger partial charge in [-0.05, 0) is 36.4 Å². The molecule has 0 unspecified atom stereocenters. The zero-order valence-corrected chi connectivity index (χ0v) is 16.0. The van der Waals surface area contributed by atoms with Crippen molar-refractivity contribution in [3.05, 3.63) is 53.6 Å². The average Bonchev–Trinajstić information content (AvgIpc) is 2.75. The fraction of sp³-hybridized carbons (Fsp3) is 0.286. The van der Waals surface area contributed by atoms with Crippen LogP contribution < -0.4 is 14.2 Å². The Bertz CT molecular complexity index is 840. The second kappa shape index (κ2) is 10.1. The van der Waals surface area contributed by atoms with Gasteiger partial charge >= 0.3 is 5.97 Å².